The molecule has 1 aromatic heterocycles. The van der Waals surface area contributed by atoms with Gasteiger partial charge in [-0.15, -0.1) is 0 Å². The molecule has 0 radical (unpaired) electrons. The zero-order valence-corrected chi connectivity index (χ0v) is 9.71. The van der Waals surface area contributed by atoms with Gasteiger partial charge in [0.15, 0.2) is 5.82 Å². The zero-order valence-electron chi connectivity index (χ0n) is 9.71. The van der Waals surface area contributed by atoms with Crippen molar-refractivity contribution >= 4 is 11.9 Å². The van der Waals surface area contributed by atoms with Gasteiger partial charge in [-0.3, -0.25) is 4.79 Å². The van der Waals surface area contributed by atoms with Crippen LogP contribution in [0, 0.1) is 23.6 Å². The first kappa shape index (κ1) is 11.4. The van der Waals surface area contributed by atoms with Gasteiger partial charge in [0.1, 0.15) is 0 Å². The standard InChI is InChI=1S/C12H14FN3O2/c13-8-4-14-12(15-5-8)16-10-7-2-1-6(3-7)9(10)11(17)18/h4-7,9-10H,1-3H2,(H,17,18)(H,14,15,16). The molecule has 4 unspecified atom stereocenters. The van der Waals surface area contributed by atoms with E-state index in [2.05, 4.69) is 15.3 Å². The SMILES string of the molecule is O=C(O)C1C2CCC(C2)C1Nc1ncc(F)cn1. The second-order valence-electron chi connectivity index (χ2n) is 5.09. The molecule has 0 aromatic carbocycles. The third-order valence-electron chi connectivity index (χ3n) is 4.12. The van der Waals surface area contributed by atoms with Gasteiger partial charge < -0.3 is 10.4 Å². The average molecular weight is 251 g/mol. The number of aromatic nitrogens is 2. The van der Waals surface area contributed by atoms with Gasteiger partial charge in [0.25, 0.3) is 0 Å². The van der Waals surface area contributed by atoms with E-state index in [1.807, 2.05) is 0 Å². The van der Waals surface area contributed by atoms with Gasteiger partial charge in [0, 0.05) is 6.04 Å². The lowest BCUT2D eigenvalue weighted by Crippen LogP contribution is -2.39. The van der Waals surface area contributed by atoms with Gasteiger partial charge in [-0.2, -0.15) is 0 Å². The van der Waals surface area contributed by atoms with E-state index < -0.39 is 11.8 Å². The fraction of sp³-hybridized carbons (Fsp3) is 0.583. The van der Waals surface area contributed by atoms with Gasteiger partial charge in [0.05, 0.1) is 18.3 Å². The number of rotatable bonds is 3. The van der Waals surface area contributed by atoms with Crippen LogP contribution in [-0.4, -0.2) is 27.1 Å². The van der Waals surface area contributed by atoms with Crippen LogP contribution in [0.25, 0.3) is 0 Å². The highest BCUT2D eigenvalue weighted by Crippen LogP contribution is 2.49. The highest BCUT2D eigenvalue weighted by atomic mass is 19.1. The van der Waals surface area contributed by atoms with Crippen molar-refractivity contribution in [2.75, 3.05) is 5.32 Å². The number of halogens is 1. The summed E-state index contributed by atoms with van der Waals surface area (Å²) in [5.41, 5.74) is 0. The smallest absolute Gasteiger partial charge is 0.308 e. The predicted molar refractivity (Wildman–Crippen MR) is 61.4 cm³/mol. The second-order valence-corrected chi connectivity index (χ2v) is 5.09. The number of nitrogens with zero attached hydrogens (tertiary/aromatic N) is 2. The minimum absolute atomic E-state index is 0.133. The van der Waals surface area contributed by atoms with E-state index in [1.165, 1.54) is 0 Å². The van der Waals surface area contributed by atoms with Crippen LogP contribution in [0.5, 0.6) is 0 Å². The summed E-state index contributed by atoms with van der Waals surface area (Å²) in [5.74, 6) is -0.710. The fourth-order valence-electron chi connectivity index (χ4n) is 3.39. The predicted octanol–water partition coefficient (Wildman–Crippen LogP) is 1.53. The maximum absolute atomic E-state index is 12.7. The molecule has 18 heavy (non-hydrogen) atoms. The molecule has 4 atom stereocenters. The van der Waals surface area contributed by atoms with Crippen LogP contribution in [0.15, 0.2) is 12.4 Å². The number of hydrogen-bond donors (Lipinski definition) is 2. The van der Waals surface area contributed by atoms with Crippen molar-refractivity contribution in [1.82, 2.24) is 9.97 Å². The van der Waals surface area contributed by atoms with Crippen LogP contribution in [0.4, 0.5) is 10.3 Å². The lowest BCUT2D eigenvalue weighted by atomic mass is 9.84. The number of fused-ring (bicyclic) bond motifs is 2. The monoisotopic (exact) mass is 251 g/mol. The van der Waals surface area contributed by atoms with E-state index in [4.69, 9.17) is 0 Å². The van der Waals surface area contributed by atoms with Crippen LogP contribution >= 0.6 is 0 Å². The summed E-state index contributed by atoms with van der Waals surface area (Å²) < 4.78 is 12.7. The third kappa shape index (κ3) is 1.81. The minimum Gasteiger partial charge on any atom is -0.481 e. The van der Waals surface area contributed by atoms with Crippen molar-refractivity contribution in [1.29, 1.82) is 0 Å². The van der Waals surface area contributed by atoms with Crippen molar-refractivity contribution in [2.45, 2.75) is 25.3 Å². The molecule has 2 N–H and O–H groups in total. The van der Waals surface area contributed by atoms with Crippen LogP contribution in [0.3, 0.4) is 0 Å². The van der Waals surface area contributed by atoms with Gasteiger partial charge in [-0.05, 0) is 31.1 Å². The summed E-state index contributed by atoms with van der Waals surface area (Å²) in [7, 11) is 0. The molecule has 96 valence electrons. The quantitative estimate of drug-likeness (QED) is 0.852. The van der Waals surface area contributed by atoms with E-state index in [9.17, 15) is 14.3 Å². The molecule has 1 aromatic rings. The minimum atomic E-state index is -0.762. The molecule has 0 saturated heterocycles. The topological polar surface area (TPSA) is 75.1 Å². The Hall–Kier alpha value is -1.72. The Balaban J connectivity index is 1.79. The Labute approximate surface area is 103 Å². The Morgan fingerprint density at radius 2 is 2.00 bits per heavy atom. The molecule has 2 aliphatic rings. The normalized spacial score (nSPS) is 33.6. The summed E-state index contributed by atoms with van der Waals surface area (Å²) in [6, 6.07) is -0.133. The molecule has 0 amide bonds. The summed E-state index contributed by atoms with van der Waals surface area (Å²) in [5, 5.41) is 12.3. The molecule has 0 aliphatic heterocycles. The van der Waals surface area contributed by atoms with Gasteiger partial charge >= 0.3 is 5.97 Å². The number of carboxylic acids is 1. The summed E-state index contributed by atoms with van der Waals surface area (Å²) in [6.07, 6.45) is 5.16. The molecule has 5 nitrogen and oxygen atoms in total. The Kier molecular flexibility index (Phi) is 2.65. The number of carbonyl (C=O) groups is 1. The van der Waals surface area contributed by atoms with Crippen molar-refractivity contribution in [3.63, 3.8) is 0 Å². The van der Waals surface area contributed by atoms with E-state index >= 15 is 0 Å². The molecular weight excluding hydrogens is 237 g/mol. The van der Waals surface area contributed by atoms with Crippen LogP contribution in [0.2, 0.25) is 0 Å². The van der Waals surface area contributed by atoms with Gasteiger partial charge in [-0.1, -0.05) is 0 Å². The van der Waals surface area contributed by atoms with Crippen molar-refractivity contribution in [3.8, 4) is 0 Å². The number of hydrogen-bond acceptors (Lipinski definition) is 4. The lowest BCUT2D eigenvalue weighted by Gasteiger charge is -2.28. The zero-order chi connectivity index (χ0) is 12.7. The van der Waals surface area contributed by atoms with E-state index in [0.717, 1.165) is 31.7 Å². The Bertz CT molecular complexity index is 465. The van der Waals surface area contributed by atoms with Crippen LogP contribution in [0.1, 0.15) is 19.3 Å². The van der Waals surface area contributed by atoms with E-state index in [-0.39, 0.29) is 17.9 Å². The highest BCUT2D eigenvalue weighted by molar-refractivity contribution is 5.73. The fourth-order valence-corrected chi connectivity index (χ4v) is 3.39. The summed E-state index contributed by atoms with van der Waals surface area (Å²) >= 11 is 0. The third-order valence-corrected chi connectivity index (χ3v) is 4.12. The summed E-state index contributed by atoms with van der Waals surface area (Å²) in [4.78, 5) is 19.0. The second kappa shape index (κ2) is 4.19. The van der Waals surface area contributed by atoms with Crippen molar-refractivity contribution in [3.05, 3.63) is 18.2 Å². The Morgan fingerprint density at radius 1 is 1.33 bits per heavy atom. The highest BCUT2D eigenvalue weighted by Gasteiger charge is 2.51. The van der Waals surface area contributed by atoms with Gasteiger partial charge in [-0.25, -0.2) is 14.4 Å². The van der Waals surface area contributed by atoms with E-state index in [0.29, 0.717) is 11.9 Å². The molecule has 2 aliphatic carbocycles. The largest absolute Gasteiger partial charge is 0.481 e. The molecule has 2 saturated carbocycles. The number of nitrogens with one attached hydrogen (secondary N) is 1. The molecule has 3 rings (SSSR count). The lowest BCUT2D eigenvalue weighted by molar-refractivity contribution is -0.143. The molecule has 6 heteroatoms. The average Bonchev–Trinajstić information content (AvgIpc) is 2.92. The number of aliphatic carboxylic acids is 1. The van der Waals surface area contributed by atoms with Gasteiger partial charge in [0.2, 0.25) is 5.95 Å². The first-order chi connectivity index (χ1) is 8.65. The molecule has 2 bridgehead atoms. The van der Waals surface area contributed by atoms with Crippen molar-refractivity contribution < 1.29 is 14.3 Å². The first-order valence-electron chi connectivity index (χ1n) is 6.12. The molecular formula is C12H14FN3O2. The molecule has 1 heterocycles. The molecule has 2 fully saturated rings. The van der Waals surface area contributed by atoms with Crippen LogP contribution in [-0.2, 0) is 4.79 Å². The Morgan fingerprint density at radius 3 is 2.67 bits per heavy atom. The van der Waals surface area contributed by atoms with E-state index in [1.54, 1.807) is 0 Å². The molecule has 0 spiro atoms. The van der Waals surface area contributed by atoms with Crippen LogP contribution < -0.4 is 5.32 Å². The number of carboxylic acid groups (broad SMARTS) is 1. The maximum Gasteiger partial charge on any atom is 0.308 e. The maximum atomic E-state index is 12.7. The number of anilines is 1. The summed E-state index contributed by atoms with van der Waals surface area (Å²) in [6.45, 7) is 0. The van der Waals surface area contributed by atoms with Crippen molar-refractivity contribution in [2.24, 2.45) is 17.8 Å². The first-order valence-corrected chi connectivity index (χ1v) is 6.12.